The molecule has 10 radical (unpaired) electrons. The van der Waals surface area contributed by atoms with Gasteiger partial charge in [-0.3, -0.25) is 4.98 Å². The van der Waals surface area contributed by atoms with Crippen LogP contribution >= 0.6 is 11.6 Å². The van der Waals surface area contributed by atoms with Gasteiger partial charge in [0.2, 0.25) is 0 Å². The molecule has 0 unspecified atom stereocenters. The first-order chi connectivity index (χ1) is 19.7. The van der Waals surface area contributed by atoms with Gasteiger partial charge < -0.3 is 33.7 Å². The molecule has 2 aromatic rings. The number of hydrogen-bond donors (Lipinski definition) is 1. The molecule has 3 aliphatic heterocycles. The molecule has 1 aromatic carbocycles. The van der Waals surface area contributed by atoms with Crippen LogP contribution in [0.4, 0.5) is 0 Å². The number of aromatic nitrogens is 1. The fourth-order valence-corrected chi connectivity index (χ4v) is 5.68. The number of hydrogen-bond acceptors (Lipinski definition) is 8. The monoisotopic (exact) mass is 634 g/mol. The van der Waals surface area contributed by atoms with Crippen LogP contribution in [-0.4, -0.2) is 60.4 Å². The van der Waals surface area contributed by atoms with E-state index in [0.29, 0.717) is 18.1 Å². The second-order valence-electron chi connectivity index (χ2n) is 11.3. The molecule has 7 rings (SSSR count). The molecule has 5 aliphatic rings. The van der Waals surface area contributed by atoms with Crippen LogP contribution in [0, 0.1) is 63.4 Å². The van der Waals surface area contributed by atoms with Crippen molar-refractivity contribution in [3.05, 3.63) is 98.9 Å². The largest absolute Gasteiger partial charge is 2.00 e. The Balaban J connectivity index is 0.000000534. The summed E-state index contributed by atoms with van der Waals surface area (Å²) >= 11 is 6.12. The van der Waals surface area contributed by atoms with E-state index in [1.807, 2.05) is 103 Å². The van der Waals surface area contributed by atoms with Gasteiger partial charge in [-0.1, -0.05) is 11.6 Å². The van der Waals surface area contributed by atoms with Crippen LogP contribution in [0.5, 0.6) is 5.75 Å². The molecule has 3 saturated heterocycles. The number of pyridine rings is 1. The van der Waals surface area contributed by atoms with E-state index in [4.69, 9.17) is 40.0 Å². The first-order valence-corrected chi connectivity index (χ1v) is 14.3. The zero-order chi connectivity index (χ0) is 28.6. The minimum absolute atomic E-state index is 0. The van der Waals surface area contributed by atoms with Crippen LogP contribution in [0.2, 0.25) is 5.02 Å². The topological polar surface area (TPSA) is 80.3 Å². The van der Waals surface area contributed by atoms with Gasteiger partial charge in [0, 0.05) is 42.0 Å². The molecule has 0 spiro atoms. The van der Waals surface area contributed by atoms with Crippen molar-refractivity contribution in [3.63, 3.8) is 0 Å². The van der Waals surface area contributed by atoms with Crippen molar-refractivity contribution in [2.75, 3.05) is 13.1 Å². The van der Waals surface area contributed by atoms with Gasteiger partial charge in [0.1, 0.15) is 30.2 Å². The van der Waals surface area contributed by atoms with E-state index in [1.54, 1.807) is 6.20 Å². The maximum absolute atomic E-state index is 6.29. The number of benzene rings is 1. The summed E-state index contributed by atoms with van der Waals surface area (Å²) in [6.07, 6.45) is 16.9. The van der Waals surface area contributed by atoms with Gasteiger partial charge in [-0.25, -0.2) is 0 Å². The zero-order valence-electron chi connectivity index (χ0n) is 23.9. The second-order valence-corrected chi connectivity index (χ2v) is 11.7. The fourth-order valence-electron chi connectivity index (χ4n) is 5.52. The minimum atomic E-state index is -0.734. The summed E-state index contributed by atoms with van der Waals surface area (Å²) in [5, 5.41) is 5.05. The summed E-state index contributed by atoms with van der Waals surface area (Å²) in [5.74, 6) is 0.312. The van der Waals surface area contributed by atoms with Crippen LogP contribution in [0.15, 0.2) is 30.5 Å². The van der Waals surface area contributed by atoms with Crippen molar-refractivity contribution in [2.24, 2.45) is 0 Å². The Bertz CT molecular complexity index is 1190. The molecule has 1 aromatic heterocycles. The molecule has 2 aliphatic carbocycles. The van der Waals surface area contributed by atoms with Gasteiger partial charge in [0.15, 0.2) is 24.0 Å². The van der Waals surface area contributed by atoms with Crippen molar-refractivity contribution >= 4 is 22.5 Å². The molecular formula is C32H35ClFeN2O6+2. The molecule has 2 saturated carbocycles. The number of fused-ring (bicyclic) bond motifs is 4. The zero-order valence-corrected chi connectivity index (χ0v) is 25.8. The molecule has 1 N–H and O–H groups in total. The van der Waals surface area contributed by atoms with Crippen LogP contribution in [-0.2, 0) is 40.8 Å². The normalized spacial score (nSPS) is 31.7. The number of halogens is 1. The summed E-state index contributed by atoms with van der Waals surface area (Å²) in [6, 6.07) is 7.45. The number of ether oxygens (including phenoxy) is 6. The molecule has 4 heterocycles. The van der Waals surface area contributed by atoms with Gasteiger partial charge >= 0.3 is 17.1 Å². The van der Waals surface area contributed by atoms with Gasteiger partial charge in [-0.05, 0) is 96.9 Å². The van der Waals surface area contributed by atoms with Crippen LogP contribution in [0.3, 0.4) is 0 Å². The summed E-state index contributed by atoms with van der Waals surface area (Å²) in [6.45, 7) is 8.74. The third kappa shape index (κ3) is 7.44. The summed E-state index contributed by atoms with van der Waals surface area (Å²) in [7, 11) is 0. The van der Waals surface area contributed by atoms with Gasteiger partial charge in [0.25, 0.3) is 0 Å². The fraction of sp³-hybridized carbons (Fsp3) is 0.406. The van der Waals surface area contributed by atoms with Gasteiger partial charge in [0.05, 0.1) is 5.52 Å². The molecular weight excluding hydrogens is 600 g/mol. The van der Waals surface area contributed by atoms with Crippen molar-refractivity contribution in [1.82, 2.24) is 10.3 Å². The van der Waals surface area contributed by atoms with E-state index in [0.717, 1.165) is 28.7 Å². The van der Waals surface area contributed by atoms with Crippen molar-refractivity contribution < 1.29 is 45.5 Å². The first-order valence-electron chi connectivity index (χ1n) is 13.9. The molecule has 10 heteroatoms. The van der Waals surface area contributed by atoms with E-state index < -0.39 is 17.9 Å². The summed E-state index contributed by atoms with van der Waals surface area (Å²) in [4.78, 5) is 4.39. The standard InChI is InChI=1S/C27H30ClN2O6.C5H5.Fe/c1-26(2)33-22-21(32-25-24(23(22)34-26)35-27(3,4)36-25)14-29-13-15-6-5-7-19(15)31-20-10-11-30-18-12-16(28)8-9-17(18)20;1-2-4-5-3-1;/h5-12,21-25,29H,13-14H2,1-4H3;1-5H;/q;;+2/t21-,22+,23+,24-,25-;;/m1../s1. The molecule has 5 fully saturated rings. The molecule has 0 amide bonds. The molecule has 222 valence electrons. The number of nitrogens with zero attached hydrogens (tertiary/aromatic N) is 1. The SMILES string of the molecule is CC1(C)O[C@H]2[C@@H](O1)[C@@H](CNC[C]1[CH][CH][CH][C]1Oc1ccnc3cc(Cl)ccc13)O[C@@H]1OC(C)(C)O[C@@H]12.[CH]1[CH][CH][CH][CH]1.[Fe+2]. The summed E-state index contributed by atoms with van der Waals surface area (Å²) in [5.41, 5.74) is 0.788. The number of nitrogens with one attached hydrogen (secondary N) is 1. The maximum Gasteiger partial charge on any atom is 2.00 e. The van der Waals surface area contributed by atoms with Crippen molar-refractivity contribution in [1.29, 1.82) is 0 Å². The maximum atomic E-state index is 6.29. The average Bonchev–Trinajstić information content (AvgIpc) is 3.71. The Kier molecular flexibility index (Phi) is 10.5. The molecule has 8 nitrogen and oxygen atoms in total. The predicted octanol–water partition coefficient (Wildman–Crippen LogP) is 5.01. The number of rotatable bonds is 6. The Morgan fingerprint density at radius 1 is 0.857 bits per heavy atom. The van der Waals surface area contributed by atoms with Gasteiger partial charge in [-0.15, -0.1) is 0 Å². The van der Waals surface area contributed by atoms with Crippen molar-refractivity contribution in [2.45, 2.75) is 70.0 Å². The Morgan fingerprint density at radius 3 is 2.31 bits per heavy atom. The first kappa shape index (κ1) is 32.4. The third-order valence-electron chi connectivity index (χ3n) is 7.21. The van der Waals surface area contributed by atoms with Crippen LogP contribution < -0.4 is 10.1 Å². The van der Waals surface area contributed by atoms with Crippen LogP contribution in [0.25, 0.3) is 10.9 Å². The molecule has 42 heavy (non-hydrogen) atoms. The molecule has 0 bridgehead atoms. The molecule has 5 atom stereocenters. The van der Waals surface area contributed by atoms with E-state index in [-0.39, 0.29) is 41.5 Å². The Labute approximate surface area is 265 Å². The average molecular weight is 635 g/mol. The van der Waals surface area contributed by atoms with Crippen molar-refractivity contribution in [3.8, 4) is 5.75 Å². The van der Waals surface area contributed by atoms with E-state index in [1.165, 1.54) is 0 Å². The Morgan fingerprint density at radius 2 is 1.55 bits per heavy atom. The predicted molar refractivity (Wildman–Crippen MR) is 154 cm³/mol. The Hall–Kier alpha value is -1.00. The van der Waals surface area contributed by atoms with Crippen LogP contribution in [0.1, 0.15) is 27.7 Å². The smallest absolute Gasteiger partial charge is 0.481 e. The van der Waals surface area contributed by atoms with E-state index in [9.17, 15) is 0 Å². The minimum Gasteiger partial charge on any atom is -0.481 e. The van der Waals surface area contributed by atoms with E-state index >= 15 is 0 Å². The van der Waals surface area contributed by atoms with E-state index in [2.05, 4.69) is 10.3 Å². The third-order valence-corrected chi connectivity index (χ3v) is 7.45. The van der Waals surface area contributed by atoms with Gasteiger partial charge in [-0.2, -0.15) is 0 Å². The quantitative estimate of drug-likeness (QED) is 0.445. The second kappa shape index (κ2) is 13.6. The summed E-state index contributed by atoms with van der Waals surface area (Å²) < 4.78 is 37.1.